The fraction of sp³-hybridized carbons (Fsp3) is 0.269. The number of fused-ring (bicyclic) bond motifs is 15. The molecule has 6 aliphatic rings. The Labute approximate surface area is 769 Å². The molecule has 1 aliphatic carbocycles. The van der Waals surface area contributed by atoms with Crippen LogP contribution in [0, 0.1) is 11.7 Å². The van der Waals surface area contributed by atoms with E-state index in [9.17, 15) is 14.0 Å². The highest BCUT2D eigenvalue weighted by molar-refractivity contribution is 9.10. The molecule has 17 nitrogen and oxygen atoms in total. The molecule has 650 valence electrons. The first-order valence-corrected chi connectivity index (χ1v) is 46.5. The Morgan fingerprint density at radius 2 is 0.945 bits per heavy atom. The molecule has 7 N–H and O–H groups in total. The summed E-state index contributed by atoms with van der Waals surface area (Å²) >= 11 is 25.6. The van der Waals surface area contributed by atoms with Crippen LogP contribution in [0.5, 0.6) is 11.5 Å². The van der Waals surface area contributed by atoms with Crippen LogP contribution in [-0.2, 0) is 59.5 Å². The molecule has 5 atom stereocenters. The van der Waals surface area contributed by atoms with Gasteiger partial charge in [-0.15, -0.1) is 0 Å². The molecule has 11 heterocycles. The lowest BCUT2D eigenvalue weighted by Crippen LogP contribution is -2.42. The van der Waals surface area contributed by atoms with E-state index in [1.807, 2.05) is 89.8 Å². The number of aromatic nitrogens is 5. The number of benzene rings is 10. The predicted octanol–water partition coefficient (Wildman–Crippen LogP) is 25.0. The van der Waals surface area contributed by atoms with Crippen LogP contribution in [0.1, 0.15) is 159 Å². The monoisotopic (exact) mass is 1880 g/mol. The molecule has 0 saturated heterocycles. The molecule has 16 aromatic rings. The average Bonchev–Trinajstić information content (AvgIpc) is 1.64. The Morgan fingerprint density at radius 1 is 0.472 bits per heavy atom. The Balaban J connectivity index is 0.000000108. The fourth-order valence-corrected chi connectivity index (χ4v) is 20.9. The number of H-pyrrole nitrogens is 5. The first-order valence-electron chi connectivity index (χ1n) is 43.8. The van der Waals surface area contributed by atoms with Crippen molar-refractivity contribution in [2.75, 3.05) is 60.2 Å². The van der Waals surface area contributed by atoms with Gasteiger partial charge in [-0.1, -0.05) is 183 Å². The van der Waals surface area contributed by atoms with Gasteiger partial charge < -0.3 is 63.8 Å². The summed E-state index contributed by atoms with van der Waals surface area (Å²) in [4.78, 5) is 49.4. The molecule has 1 saturated carbocycles. The van der Waals surface area contributed by atoms with Gasteiger partial charge >= 0.3 is 6.09 Å². The zero-order valence-corrected chi connectivity index (χ0v) is 76.4. The Hall–Kier alpha value is -10.9. The van der Waals surface area contributed by atoms with Gasteiger partial charge in [-0.2, -0.15) is 0 Å². The quantitative estimate of drug-likeness (QED) is 0.0550. The van der Waals surface area contributed by atoms with Crippen molar-refractivity contribution in [2.45, 2.75) is 114 Å². The third kappa shape index (κ3) is 18.9. The van der Waals surface area contributed by atoms with Crippen molar-refractivity contribution in [3.05, 3.63) is 363 Å². The summed E-state index contributed by atoms with van der Waals surface area (Å²) in [6.07, 6.45) is 12.8. The van der Waals surface area contributed by atoms with Gasteiger partial charge in [-0.05, 0) is 253 Å². The molecule has 5 aliphatic heterocycles. The standard InChI is InChI=1S/C24H21BrN2O.C22H25ClN2O.C20H19BrN2O2.C20H18ClFN2O2.C18H17ClN2O/c25-18-8-11-22-21(14-18)20-12-13-26-23(24(20)27-22)17-6-9-19(10-7-17)28-15-16-4-2-1-3-5-16;23-16-8-9-20-19(13-16)18-10-11-25(14-17-7-4-12-26-17)22(21(18)24-20)15-5-2-1-3-6-15;1-25-12-18(24)23-10-9-15-16-11-14(21)7-8-17(16)22-19(15)20(23)13-5-3-2-4-6-13;1-2-26-20(25)24-10-9-15-16-11-14(22)7-8-17(16)23-18(15)19(24)12-3-5-13(21)6-4-12;1-22-13-5-2-11(3-6-13)17-18-14(8-9-20-17)15-10-12(19)4-7-16(15)21-18/h1-11,14,23,26-27H,12-13,15H2;4,7-9,12-13,15,22,24H,1-3,5-6,10-11,14H2;2-8,11,20,22H,9-10,12H2,1H3;3-8,11,19,23H,2,9-10H2,1H3;2-7,10,17,20-21H,8-9H2,1H3. The minimum absolute atomic E-state index is 0.0156. The molecule has 6 aromatic heterocycles. The Kier molecular flexibility index (Phi) is 26.9. The van der Waals surface area contributed by atoms with Crippen LogP contribution in [0.3, 0.4) is 0 Å². The second kappa shape index (κ2) is 39.4. The normalized spacial score (nSPS) is 17.8. The van der Waals surface area contributed by atoms with E-state index in [-0.39, 0.29) is 48.6 Å². The summed E-state index contributed by atoms with van der Waals surface area (Å²) < 4.78 is 43.1. The smallest absolute Gasteiger partial charge is 0.410 e. The molecule has 22 rings (SSSR count). The minimum atomic E-state index is -0.358. The molecule has 23 heteroatoms. The maximum absolute atomic E-state index is 13.7. The van der Waals surface area contributed by atoms with Gasteiger partial charge in [0.15, 0.2) is 0 Å². The molecule has 10 aromatic carbocycles. The number of furan rings is 1. The van der Waals surface area contributed by atoms with Crippen molar-refractivity contribution in [1.82, 2.24) is 50.3 Å². The number of aromatic amines is 5. The molecule has 1 fully saturated rings. The fourth-order valence-electron chi connectivity index (χ4n) is 19.7. The second-order valence-corrected chi connectivity index (χ2v) is 36.4. The lowest BCUT2D eigenvalue weighted by molar-refractivity contribution is -0.137. The molecule has 0 bridgehead atoms. The number of nitrogens with zero attached hydrogens (tertiary/aromatic N) is 3. The van der Waals surface area contributed by atoms with Crippen LogP contribution in [0.25, 0.3) is 54.5 Å². The predicted molar refractivity (Wildman–Crippen MR) is 513 cm³/mol. The summed E-state index contributed by atoms with van der Waals surface area (Å²) in [5.41, 5.74) is 23.8. The van der Waals surface area contributed by atoms with Crippen molar-refractivity contribution in [3.8, 4) is 11.5 Å². The number of hydrogen-bond donors (Lipinski definition) is 7. The Bertz CT molecular complexity index is 6530. The Morgan fingerprint density at radius 3 is 1.50 bits per heavy atom. The number of ether oxygens (including phenoxy) is 4. The first-order chi connectivity index (χ1) is 62.1. The number of nitrogens with one attached hydrogen (secondary N) is 7. The van der Waals surface area contributed by atoms with Gasteiger partial charge in [0.25, 0.3) is 0 Å². The number of carbonyl (C=O) groups excluding carboxylic acids is 2. The summed E-state index contributed by atoms with van der Waals surface area (Å²) in [6.45, 7) is 7.89. The zero-order valence-electron chi connectivity index (χ0n) is 71.0. The van der Waals surface area contributed by atoms with Gasteiger partial charge in [0.05, 0.1) is 50.7 Å². The SMILES string of the molecule is Brc1ccc2[nH]c3c(c2c1)CCNC3c1ccc(OCc2ccccc2)cc1.CCOC(=O)N1CCc2c([nH]c3ccc(F)cc23)C1c1ccc(Cl)cc1.COCC(=O)N1CCc2c([nH]c3ccc(Br)cc23)C1c1ccccc1.COc1ccc(C2NCCc3c2[nH]c2ccc(Cl)cc32)cc1.Clc1ccc2[nH]c3c(c2c1)CCN(Cc1ccco1)C3C1CCCCC1. The van der Waals surface area contributed by atoms with Crippen molar-refractivity contribution in [1.29, 1.82) is 0 Å². The van der Waals surface area contributed by atoms with Crippen molar-refractivity contribution in [3.63, 3.8) is 0 Å². The largest absolute Gasteiger partial charge is 0.497 e. The molecular weight excluding hydrogens is 1790 g/mol. The van der Waals surface area contributed by atoms with E-state index in [0.29, 0.717) is 43.8 Å². The van der Waals surface area contributed by atoms with Crippen LogP contribution < -0.4 is 20.1 Å². The van der Waals surface area contributed by atoms with E-state index in [1.54, 1.807) is 56.6 Å². The van der Waals surface area contributed by atoms with E-state index in [2.05, 4.69) is 194 Å². The van der Waals surface area contributed by atoms with E-state index >= 15 is 0 Å². The van der Waals surface area contributed by atoms with E-state index in [1.165, 1.54) is 127 Å². The van der Waals surface area contributed by atoms with Gasteiger partial charge in [-0.3, -0.25) is 14.6 Å². The molecule has 127 heavy (non-hydrogen) atoms. The number of hydrogen-bond acceptors (Lipinski definition) is 10. The lowest BCUT2D eigenvalue weighted by Gasteiger charge is -2.41. The summed E-state index contributed by atoms with van der Waals surface area (Å²) in [5, 5.41) is 15.5. The van der Waals surface area contributed by atoms with Crippen LogP contribution in [0.2, 0.25) is 15.1 Å². The van der Waals surface area contributed by atoms with Gasteiger partial charge in [-0.25, -0.2) is 9.18 Å². The van der Waals surface area contributed by atoms with Gasteiger partial charge in [0, 0.05) is 147 Å². The molecule has 0 spiro atoms. The molecule has 2 amide bonds. The van der Waals surface area contributed by atoms with E-state index in [0.717, 1.165) is 144 Å². The van der Waals surface area contributed by atoms with E-state index < -0.39 is 0 Å². The van der Waals surface area contributed by atoms with Crippen molar-refractivity contribution >= 4 is 133 Å². The van der Waals surface area contributed by atoms with Gasteiger partial charge in [0.2, 0.25) is 5.91 Å². The minimum Gasteiger partial charge on any atom is -0.497 e. The highest BCUT2D eigenvalue weighted by atomic mass is 79.9. The zero-order chi connectivity index (χ0) is 87.2. The maximum Gasteiger partial charge on any atom is 0.410 e. The maximum atomic E-state index is 13.7. The second-order valence-electron chi connectivity index (χ2n) is 33.2. The molecule has 5 unspecified atom stereocenters. The van der Waals surface area contributed by atoms with Crippen molar-refractivity contribution < 1.29 is 37.3 Å². The number of carbonyl (C=O) groups is 2. The average molecular weight is 1890 g/mol. The van der Waals surface area contributed by atoms with Crippen molar-refractivity contribution in [2.24, 2.45) is 5.92 Å². The lowest BCUT2D eigenvalue weighted by atomic mass is 9.79. The topological polar surface area (TPSA) is 197 Å². The number of rotatable bonds is 14. The summed E-state index contributed by atoms with van der Waals surface area (Å²) in [6, 6.07) is 78.7. The number of amides is 2. The number of halogens is 6. The van der Waals surface area contributed by atoms with Gasteiger partial charge in [0.1, 0.15) is 42.3 Å². The number of methoxy groups -OCH3 is 2. The van der Waals surface area contributed by atoms with Crippen LogP contribution >= 0.6 is 66.7 Å². The summed E-state index contributed by atoms with van der Waals surface area (Å²) in [7, 11) is 3.25. The van der Waals surface area contributed by atoms with Crippen LogP contribution in [0.4, 0.5) is 9.18 Å². The highest BCUT2D eigenvalue weighted by Crippen LogP contribution is 2.47. The molecule has 0 radical (unpaired) electrons. The molecular formula is C104H100Br2Cl3FN10O7. The van der Waals surface area contributed by atoms with E-state index in [4.69, 9.17) is 58.2 Å². The van der Waals surface area contributed by atoms with Crippen LogP contribution in [0.15, 0.2) is 256 Å². The highest BCUT2D eigenvalue weighted by Gasteiger charge is 2.40. The third-order valence-electron chi connectivity index (χ3n) is 25.6. The summed E-state index contributed by atoms with van der Waals surface area (Å²) in [5.74, 6) is 3.30. The third-order valence-corrected chi connectivity index (χ3v) is 27.3. The first kappa shape index (κ1) is 86.8. The van der Waals surface area contributed by atoms with Crippen LogP contribution in [-0.4, -0.2) is 112 Å².